The molecule has 2 rings (SSSR count). The minimum Gasteiger partial charge on any atom is -0.480 e. The summed E-state index contributed by atoms with van der Waals surface area (Å²) < 4.78 is 5.37. The van der Waals surface area contributed by atoms with Gasteiger partial charge < -0.3 is 4.74 Å². The molecule has 0 saturated carbocycles. The predicted octanol–water partition coefficient (Wildman–Crippen LogP) is 2.97. The molecular formula is C10H8BrNO. The molecule has 1 heterocycles. The number of aromatic nitrogens is 1. The zero-order chi connectivity index (χ0) is 9.10. The van der Waals surface area contributed by atoms with E-state index in [-0.39, 0.29) is 0 Å². The molecule has 0 radical (unpaired) electrons. The van der Waals surface area contributed by atoms with Gasteiger partial charge in [-0.1, -0.05) is 18.2 Å². The summed E-state index contributed by atoms with van der Waals surface area (Å²) in [6, 6.07) is 9.83. The van der Waals surface area contributed by atoms with Crippen molar-refractivity contribution in [1.29, 1.82) is 0 Å². The van der Waals surface area contributed by atoms with E-state index in [0.717, 1.165) is 16.7 Å². The van der Waals surface area contributed by atoms with Gasteiger partial charge in [-0.25, -0.2) is 0 Å². The van der Waals surface area contributed by atoms with E-state index in [9.17, 15) is 0 Å². The van der Waals surface area contributed by atoms with Gasteiger partial charge in [0.15, 0.2) is 0 Å². The fourth-order valence-corrected chi connectivity index (χ4v) is 1.50. The van der Waals surface area contributed by atoms with Crippen molar-refractivity contribution < 1.29 is 4.74 Å². The number of pyridine rings is 1. The van der Waals surface area contributed by atoms with Crippen molar-refractivity contribution in [2.45, 2.75) is 0 Å². The minimum absolute atomic E-state index is 0.489. The summed E-state index contributed by atoms with van der Waals surface area (Å²) in [5.74, 6) is 0.815. The molecule has 0 aliphatic heterocycles. The number of benzene rings is 1. The highest BCUT2D eigenvalue weighted by Gasteiger charge is 2.00. The molecule has 0 fully saturated rings. The molecule has 0 spiro atoms. The standard InChI is InChI=1S/C10H8BrNO/c11-7-13-9-5-1-3-8-4-2-6-12-10(8)9/h1-6H,7H2. The third-order valence-corrected chi connectivity index (χ3v) is 2.03. The molecule has 66 valence electrons. The quantitative estimate of drug-likeness (QED) is 0.750. The highest BCUT2D eigenvalue weighted by atomic mass is 79.9. The van der Waals surface area contributed by atoms with Crippen LogP contribution in [-0.4, -0.2) is 10.5 Å². The van der Waals surface area contributed by atoms with Gasteiger partial charge in [0, 0.05) is 11.6 Å². The maximum Gasteiger partial charge on any atom is 0.146 e. The Morgan fingerprint density at radius 1 is 1.23 bits per heavy atom. The van der Waals surface area contributed by atoms with Crippen molar-refractivity contribution >= 4 is 26.8 Å². The number of halogens is 1. The van der Waals surface area contributed by atoms with Crippen molar-refractivity contribution in [3.63, 3.8) is 0 Å². The lowest BCUT2D eigenvalue weighted by Gasteiger charge is -2.04. The maximum atomic E-state index is 5.37. The van der Waals surface area contributed by atoms with Gasteiger partial charge in [-0.3, -0.25) is 4.98 Å². The van der Waals surface area contributed by atoms with E-state index in [1.165, 1.54) is 0 Å². The first-order valence-corrected chi connectivity index (χ1v) is 5.06. The average molecular weight is 238 g/mol. The molecule has 1 aromatic heterocycles. The molecular weight excluding hydrogens is 230 g/mol. The third kappa shape index (κ3) is 1.65. The van der Waals surface area contributed by atoms with Crippen LogP contribution in [0.3, 0.4) is 0 Å². The minimum atomic E-state index is 0.489. The van der Waals surface area contributed by atoms with E-state index < -0.39 is 0 Å². The van der Waals surface area contributed by atoms with Crippen molar-refractivity contribution in [3.05, 3.63) is 36.5 Å². The lowest BCUT2D eigenvalue weighted by atomic mass is 10.2. The SMILES string of the molecule is BrCOc1cccc2cccnc12. The van der Waals surface area contributed by atoms with E-state index in [1.54, 1.807) is 6.20 Å². The topological polar surface area (TPSA) is 22.1 Å². The van der Waals surface area contributed by atoms with Crippen LogP contribution in [0.5, 0.6) is 5.75 Å². The number of nitrogens with zero attached hydrogens (tertiary/aromatic N) is 1. The first kappa shape index (κ1) is 8.51. The van der Waals surface area contributed by atoms with E-state index in [1.807, 2.05) is 30.3 Å². The first-order chi connectivity index (χ1) is 6.42. The Labute approximate surface area is 84.7 Å². The van der Waals surface area contributed by atoms with Crippen molar-refractivity contribution in [3.8, 4) is 5.75 Å². The number of hydrogen-bond donors (Lipinski definition) is 0. The summed E-state index contributed by atoms with van der Waals surface area (Å²) in [5.41, 5.74) is 1.40. The molecule has 0 N–H and O–H groups in total. The molecule has 0 bridgehead atoms. The summed E-state index contributed by atoms with van der Waals surface area (Å²) in [6.45, 7) is 0. The van der Waals surface area contributed by atoms with Crippen LogP contribution >= 0.6 is 15.9 Å². The zero-order valence-corrected chi connectivity index (χ0v) is 8.49. The Morgan fingerprint density at radius 2 is 2.08 bits per heavy atom. The van der Waals surface area contributed by atoms with Gasteiger partial charge in [0.2, 0.25) is 0 Å². The second-order valence-corrected chi connectivity index (χ2v) is 3.04. The largest absolute Gasteiger partial charge is 0.480 e. The van der Waals surface area contributed by atoms with Crippen LogP contribution in [0.15, 0.2) is 36.5 Å². The Bertz CT molecular complexity index is 411. The lowest BCUT2D eigenvalue weighted by molar-refractivity contribution is 0.402. The Kier molecular flexibility index (Phi) is 2.45. The van der Waals surface area contributed by atoms with E-state index in [4.69, 9.17) is 4.74 Å². The molecule has 2 nitrogen and oxygen atoms in total. The van der Waals surface area contributed by atoms with Crippen molar-refractivity contribution in [1.82, 2.24) is 4.98 Å². The monoisotopic (exact) mass is 237 g/mol. The number of ether oxygens (including phenoxy) is 1. The van der Waals surface area contributed by atoms with Gasteiger partial charge in [-0.05, 0) is 28.1 Å². The summed E-state index contributed by atoms with van der Waals surface area (Å²) in [5, 5.41) is 1.10. The van der Waals surface area contributed by atoms with Gasteiger partial charge in [0.05, 0.1) is 0 Å². The smallest absolute Gasteiger partial charge is 0.146 e. The molecule has 0 atom stereocenters. The highest BCUT2D eigenvalue weighted by Crippen LogP contribution is 2.22. The van der Waals surface area contributed by atoms with Gasteiger partial charge in [0.25, 0.3) is 0 Å². The fraction of sp³-hybridized carbons (Fsp3) is 0.100. The van der Waals surface area contributed by atoms with Crippen LogP contribution < -0.4 is 4.74 Å². The second-order valence-electron chi connectivity index (χ2n) is 2.58. The van der Waals surface area contributed by atoms with Crippen LogP contribution in [0, 0.1) is 0 Å². The highest BCUT2D eigenvalue weighted by molar-refractivity contribution is 9.09. The molecule has 1 aromatic carbocycles. The summed E-state index contributed by atoms with van der Waals surface area (Å²) in [7, 11) is 0. The second kappa shape index (κ2) is 3.75. The molecule has 2 aromatic rings. The molecule has 0 unspecified atom stereocenters. The third-order valence-electron chi connectivity index (χ3n) is 1.81. The lowest BCUT2D eigenvalue weighted by Crippen LogP contribution is -1.90. The molecule has 0 aliphatic carbocycles. The van der Waals surface area contributed by atoms with Crippen LogP contribution in [0.25, 0.3) is 10.9 Å². The normalized spacial score (nSPS) is 10.2. The van der Waals surface area contributed by atoms with Gasteiger partial charge in [-0.15, -0.1) is 0 Å². The van der Waals surface area contributed by atoms with Gasteiger partial charge in [0.1, 0.15) is 16.8 Å². The van der Waals surface area contributed by atoms with Gasteiger partial charge >= 0.3 is 0 Å². The predicted molar refractivity (Wildman–Crippen MR) is 56.2 cm³/mol. The molecule has 13 heavy (non-hydrogen) atoms. The van der Waals surface area contributed by atoms with Crippen molar-refractivity contribution in [2.75, 3.05) is 5.52 Å². The first-order valence-electron chi connectivity index (χ1n) is 3.94. The number of fused-ring (bicyclic) bond motifs is 1. The maximum absolute atomic E-state index is 5.37. The number of hydrogen-bond acceptors (Lipinski definition) is 2. The Morgan fingerprint density at radius 3 is 2.92 bits per heavy atom. The average Bonchev–Trinajstić information content (AvgIpc) is 2.19. The molecule has 3 heteroatoms. The number of alkyl halides is 1. The van der Waals surface area contributed by atoms with E-state index in [2.05, 4.69) is 20.9 Å². The van der Waals surface area contributed by atoms with Crippen LogP contribution in [0.1, 0.15) is 0 Å². The summed E-state index contributed by atoms with van der Waals surface area (Å²) in [6.07, 6.45) is 1.77. The molecule has 0 aliphatic rings. The Balaban J connectivity index is 2.61. The van der Waals surface area contributed by atoms with Crippen molar-refractivity contribution in [2.24, 2.45) is 0 Å². The van der Waals surface area contributed by atoms with Crippen LogP contribution in [0.2, 0.25) is 0 Å². The van der Waals surface area contributed by atoms with Gasteiger partial charge in [-0.2, -0.15) is 0 Å². The zero-order valence-electron chi connectivity index (χ0n) is 6.90. The summed E-state index contributed by atoms with van der Waals surface area (Å²) >= 11 is 3.22. The number of para-hydroxylation sites is 1. The summed E-state index contributed by atoms with van der Waals surface area (Å²) in [4.78, 5) is 4.25. The fourth-order valence-electron chi connectivity index (χ4n) is 1.25. The van der Waals surface area contributed by atoms with E-state index >= 15 is 0 Å². The van der Waals surface area contributed by atoms with Crippen LogP contribution in [-0.2, 0) is 0 Å². The Hall–Kier alpha value is -1.09. The van der Waals surface area contributed by atoms with E-state index in [0.29, 0.717) is 5.52 Å². The molecule has 0 saturated heterocycles. The number of rotatable bonds is 2. The molecule has 0 amide bonds. The van der Waals surface area contributed by atoms with Crippen LogP contribution in [0.4, 0.5) is 0 Å².